The van der Waals surface area contributed by atoms with Crippen molar-refractivity contribution in [2.75, 3.05) is 0 Å². The van der Waals surface area contributed by atoms with Crippen LogP contribution in [0.4, 0.5) is 0 Å². The Morgan fingerprint density at radius 1 is 1.56 bits per heavy atom. The molecule has 6 nitrogen and oxygen atoms in total. The number of carboxylic acids is 1. The van der Waals surface area contributed by atoms with Crippen LogP contribution in [-0.4, -0.2) is 26.0 Å². The summed E-state index contributed by atoms with van der Waals surface area (Å²) >= 11 is 1.41. The van der Waals surface area contributed by atoms with Crippen molar-refractivity contribution in [2.45, 2.75) is 19.8 Å². The van der Waals surface area contributed by atoms with Gasteiger partial charge in [0.15, 0.2) is 5.82 Å². The molecular weight excluding hydrogens is 254 g/mol. The quantitative estimate of drug-likeness (QED) is 0.866. The average Bonchev–Trinajstić information content (AvgIpc) is 2.80. The Balaban J connectivity index is 2.35. The Labute approximate surface area is 106 Å². The first-order valence-corrected chi connectivity index (χ1v) is 6.22. The molecule has 0 amide bonds. The van der Waals surface area contributed by atoms with E-state index in [0.717, 1.165) is 0 Å². The van der Waals surface area contributed by atoms with Gasteiger partial charge in [0.05, 0.1) is 5.51 Å². The molecule has 2 aromatic rings. The van der Waals surface area contributed by atoms with E-state index < -0.39 is 5.97 Å². The van der Waals surface area contributed by atoms with Crippen molar-refractivity contribution >= 4 is 17.3 Å². The van der Waals surface area contributed by atoms with Crippen LogP contribution < -0.4 is 5.56 Å². The first kappa shape index (κ1) is 12.4. The van der Waals surface area contributed by atoms with Crippen LogP contribution in [0.25, 0.3) is 11.5 Å². The highest BCUT2D eigenvalue weighted by molar-refractivity contribution is 7.07. The number of nitrogens with zero attached hydrogens (tertiary/aromatic N) is 2. The van der Waals surface area contributed by atoms with E-state index in [1.165, 1.54) is 11.3 Å². The van der Waals surface area contributed by atoms with Gasteiger partial charge in [-0.1, -0.05) is 0 Å². The van der Waals surface area contributed by atoms with Gasteiger partial charge in [-0.05, 0) is 13.3 Å². The fourth-order valence-electron chi connectivity index (χ4n) is 1.59. The molecule has 0 aromatic carbocycles. The molecule has 2 aromatic heterocycles. The third-order valence-corrected chi connectivity index (χ3v) is 3.07. The predicted octanol–water partition coefficient (Wildman–Crippen LogP) is 1.22. The molecule has 2 N–H and O–H groups in total. The summed E-state index contributed by atoms with van der Waals surface area (Å²) in [5.41, 5.74) is 2.93. The number of carbonyl (C=O) groups is 1. The average molecular weight is 265 g/mol. The van der Waals surface area contributed by atoms with Crippen LogP contribution in [0.15, 0.2) is 15.7 Å². The lowest BCUT2D eigenvalue weighted by Gasteiger charge is -2.04. The lowest BCUT2D eigenvalue weighted by molar-refractivity contribution is -0.136. The lowest BCUT2D eigenvalue weighted by Crippen LogP contribution is -2.18. The maximum absolute atomic E-state index is 11.9. The second kappa shape index (κ2) is 5.09. The minimum Gasteiger partial charge on any atom is -0.481 e. The number of carboxylic acid groups (broad SMARTS) is 1. The molecule has 0 fully saturated rings. The lowest BCUT2D eigenvalue weighted by atomic mass is 10.1. The van der Waals surface area contributed by atoms with E-state index in [9.17, 15) is 9.59 Å². The van der Waals surface area contributed by atoms with E-state index in [4.69, 9.17) is 5.11 Å². The summed E-state index contributed by atoms with van der Waals surface area (Å²) in [6.07, 6.45) is 0.0997. The van der Waals surface area contributed by atoms with Crippen molar-refractivity contribution in [3.05, 3.63) is 32.5 Å². The third kappa shape index (κ3) is 2.62. The first-order chi connectivity index (χ1) is 8.58. The molecule has 0 saturated carbocycles. The molecule has 0 saturated heterocycles. The van der Waals surface area contributed by atoms with Crippen molar-refractivity contribution in [3.8, 4) is 11.5 Å². The molecule has 0 aliphatic heterocycles. The molecule has 0 unspecified atom stereocenters. The summed E-state index contributed by atoms with van der Waals surface area (Å²) in [4.78, 5) is 33.3. The van der Waals surface area contributed by atoms with Crippen LogP contribution in [0, 0.1) is 6.92 Å². The number of aromatic nitrogens is 3. The van der Waals surface area contributed by atoms with Gasteiger partial charge < -0.3 is 10.1 Å². The molecule has 18 heavy (non-hydrogen) atoms. The summed E-state index contributed by atoms with van der Waals surface area (Å²) in [7, 11) is 0. The number of nitrogens with one attached hydrogen (secondary N) is 1. The monoisotopic (exact) mass is 265 g/mol. The minimum absolute atomic E-state index is 0.0817. The van der Waals surface area contributed by atoms with Gasteiger partial charge in [-0.15, -0.1) is 11.3 Å². The number of aryl methyl sites for hydroxylation is 1. The van der Waals surface area contributed by atoms with Gasteiger partial charge in [0.1, 0.15) is 5.69 Å². The standard InChI is InChI=1S/C11H11N3O3S/c1-6-7(2-3-9(15)16)11(17)14-10(13-6)8-4-18-5-12-8/h4-5H,2-3H2,1H3,(H,15,16)(H,13,14,17). The summed E-state index contributed by atoms with van der Waals surface area (Å²) < 4.78 is 0. The van der Waals surface area contributed by atoms with Crippen LogP contribution in [0.5, 0.6) is 0 Å². The summed E-state index contributed by atoms with van der Waals surface area (Å²) in [5.74, 6) is -0.518. The van der Waals surface area contributed by atoms with Crippen molar-refractivity contribution < 1.29 is 9.90 Å². The van der Waals surface area contributed by atoms with Crippen molar-refractivity contribution in [1.82, 2.24) is 15.0 Å². The minimum atomic E-state index is -0.933. The van der Waals surface area contributed by atoms with Gasteiger partial charge >= 0.3 is 5.97 Å². The van der Waals surface area contributed by atoms with Gasteiger partial charge in [-0.2, -0.15) is 0 Å². The zero-order valence-electron chi connectivity index (χ0n) is 9.64. The molecule has 0 spiro atoms. The molecule has 7 heteroatoms. The van der Waals surface area contributed by atoms with Gasteiger partial charge in [0.2, 0.25) is 0 Å². The molecule has 2 rings (SSSR count). The SMILES string of the molecule is Cc1nc(-c2cscn2)[nH]c(=O)c1CCC(=O)O. The zero-order chi connectivity index (χ0) is 13.1. The second-order valence-corrected chi connectivity index (χ2v) is 4.46. The van der Waals surface area contributed by atoms with Crippen LogP contribution >= 0.6 is 11.3 Å². The van der Waals surface area contributed by atoms with Crippen molar-refractivity contribution in [3.63, 3.8) is 0 Å². The fourth-order valence-corrected chi connectivity index (χ4v) is 2.12. The first-order valence-electron chi connectivity index (χ1n) is 5.28. The fraction of sp³-hybridized carbons (Fsp3) is 0.273. The number of aromatic amines is 1. The van der Waals surface area contributed by atoms with E-state index >= 15 is 0 Å². The van der Waals surface area contributed by atoms with E-state index in [-0.39, 0.29) is 18.4 Å². The van der Waals surface area contributed by atoms with Crippen molar-refractivity contribution in [1.29, 1.82) is 0 Å². The van der Waals surface area contributed by atoms with Gasteiger partial charge in [0, 0.05) is 23.1 Å². The summed E-state index contributed by atoms with van der Waals surface area (Å²) in [6, 6.07) is 0. The zero-order valence-corrected chi connectivity index (χ0v) is 10.5. The number of hydrogen-bond donors (Lipinski definition) is 2. The molecular formula is C11H11N3O3S. The van der Waals surface area contributed by atoms with E-state index in [2.05, 4.69) is 15.0 Å². The molecule has 2 heterocycles. The number of aliphatic carboxylic acids is 1. The Morgan fingerprint density at radius 3 is 2.89 bits per heavy atom. The molecule has 0 radical (unpaired) electrons. The Bertz CT molecular complexity index is 619. The maximum Gasteiger partial charge on any atom is 0.303 e. The van der Waals surface area contributed by atoms with Gasteiger partial charge in [-0.25, -0.2) is 9.97 Å². The molecule has 0 bridgehead atoms. The molecule has 0 aliphatic carbocycles. The van der Waals surface area contributed by atoms with Gasteiger partial charge in [0.25, 0.3) is 5.56 Å². The smallest absolute Gasteiger partial charge is 0.303 e. The van der Waals surface area contributed by atoms with Crippen LogP contribution in [0.1, 0.15) is 17.7 Å². The Morgan fingerprint density at radius 2 is 2.33 bits per heavy atom. The Hall–Kier alpha value is -2.02. The highest BCUT2D eigenvalue weighted by Gasteiger charge is 2.11. The highest BCUT2D eigenvalue weighted by atomic mass is 32.1. The number of H-pyrrole nitrogens is 1. The van der Waals surface area contributed by atoms with Gasteiger partial charge in [-0.3, -0.25) is 9.59 Å². The highest BCUT2D eigenvalue weighted by Crippen LogP contribution is 2.14. The summed E-state index contributed by atoms with van der Waals surface area (Å²) in [5, 5.41) is 10.4. The molecule has 94 valence electrons. The molecule has 0 aliphatic rings. The maximum atomic E-state index is 11.9. The number of rotatable bonds is 4. The molecule has 0 atom stereocenters. The van der Waals surface area contributed by atoms with Crippen LogP contribution in [0.2, 0.25) is 0 Å². The normalized spacial score (nSPS) is 10.5. The topological polar surface area (TPSA) is 95.9 Å². The third-order valence-electron chi connectivity index (χ3n) is 2.49. The van der Waals surface area contributed by atoms with Crippen LogP contribution in [0.3, 0.4) is 0 Å². The van der Waals surface area contributed by atoms with E-state index in [1.54, 1.807) is 17.8 Å². The predicted molar refractivity (Wildman–Crippen MR) is 66.7 cm³/mol. The number of hydrogen-bond acceptors (Lipinski definition) is 5. The van der Waals surface area contributed by atoms with E-state index in [1.807, 2.05) is 0 Å². The largest absolute Gasteiger partial charge is 0.481 e. The van der Waals surface area contributed by atoms with E-state index in [0.29, 0.717) is 22.8 Å². The number of thiazole rings is 1. The second-order valence-electron chi connectivity index (χ2n) is 3.75. The van der Waals surface area contributed by atoms with Crippen molar-refractivity contribution in [2.24, 2.45) is 0 Å². The van der Waals surface area contributed by atoms with Crippen LogP contribution in [-0.2, 0) is 11.2 Å². The summed E-state index contributed by atoms with van der Waals surface area (Å²) in [6.45, 7) is 1.70. The Kier molecular flexibility index (Phi) is 3.52.